The minimum absolute atomic E-state index is 0.117. The molecule has 0 aliphatic carbocycles. The van der Waals surface area contributed by atoms with E-state index in [9.17, 15) is 8.78 Å². The van der Waals surface area contributed by atoms with Crippen LogP contribution in [0.15, 0.2) is 16.6 Å². The highest BCUT2D eigenvalue weighted by Gasteiger charge is 2.13. The van der Waals surface area contributed by atoms with Gasteiger partial charge in [0.05, 0.1) is 4.47 Å². The molecule has 0 atom stereocenters. The van der Waals surface area contributed by atoms with Crippen LogP contribution in [-0.4, -0.2) is 32.1 Å². The molecule has 0 aliphatic rings. The first-order valence-electron chi connectivity index (χ1n) is 5.51. The molecule has 5 heteroatoms. The van der Waals surface area contributed by atoms with Gasteiger partial charge >= 0.3 is 0 Å². The van der Waals surface area contributed by atoms with Gasteiger partial charge in [-0.25, -0.2) is 8.78 Å². The SMILES string of the molecule is CNCCCN(C)Cc1c(F)ccc(Br)c1F. The van der Waals surface area contributed by atoms with E-state index in [1.165, 1.54) is 12.1 Å². The van der Waals surface area contributed by atoms with Crippen LogP contribution in [0.3, 0.4) is 0 Å². The van der Waals surface area contributed by atoms with Crippen LogP contribution < -0.4 is 5.32 Å². The van der Waals surface area contributed by atoms with Crippen LogP contribution in [0.4, 0.5) is 8.78 Å². The molecule has 0 saturated heterocycles. The van der Waals surface area contributed by atoms with Crippen molar-refractivity contribution in [3.63, 3.8) is 0 Å². The van der Waals surface area contributed by atoms with Crippen LogP contribution >= 0.6 is 15.9 Å². The standard InChI is InChI=1S/C12H17BrF2N2/c1-16-6-3-7-17(2)8-9-11(14)5-4-10(13)12(9)15/h4-5,16H,3,6-8H2,1-2H3. The van der Waals surface area contributed by atoms with Gasteiger partial charge in [0.1, 0.15) is 11.6 Å². The van der Waals surface area contributed by atoms with Crippen LogP contribution in [0.2, 0.25) is 0 Å². The number of nitrogens with one attached hydrogen (secondary N) is 1. The molecule has 17 heavy (non-hydrogen) atoms. The molecule has 0 fully saturated rings. The molecule has 96 valence electrons. The number of benzene rings is 1. The molecule has 1 aromatic carbocycles. The molecule has 0 spiro atoms. The van der Waals surface area contributed by atoms with E-state index in [-0.39, 0.29) is 12.1 Å². The first-order chi connectivity index (χ1) is 8.06. The highest BCUT2D eigenvalue weighted by Crippen LogP contribution is 2.22. The summed E-state index contributed by atoms with van der Waals surface area (Å²) in [6.45, 7) is 1.97. The fourth-order valence-corrected chi connectivity index (χ4v) is 1.96. The predicted molar refractivity (Wildman–Crippen MR) is 68.9 cm³/mol. The summed E-state index contributed by atoms with van der Waals surface area (Å²) in [7, 11) is 3.74. The van der Waals surface area contributed by atoms with E-state index in [0.29, 0.717) is 4.47 Å². The van der Waals surface area contributed by atoms with Crippen molar-refractivity contribution in [2.45, 2.75) is 13.0 Å². The Morgan fingerprint density at radius 3 is 2.71 bits per heavy atom. The quantitative estimate of drug-likeness (QED) is 0.642. The largest absolute Gasteiger partial charge is 0.320 e. The van der Waals surface area contributed by atoms with Crippen LogP contribution in [-0.2, 0) is 6.54 Å². The topological polar surface area (TPSA) is 15.3 Å². The molecule has 0 aliphatic heterocycles. The zero-order valence-electron chi connectivity index (χ0n) is 10.1. The van der Waals surface area contributed by atoms with E-state index in [1.807, 2.05) is 19.0 Å². The van der Waals surface area contributed by atoms with Crippen molar-refractivity contribution in [2.75, 3.05) is 27.2 Å². The van der Waals surface area contributed by atoms with Crippen molar-refractivity contribution in [1.82, 2.24) is 10.2 Å². The van der Waals surface area contributed by atoms with E-state index in [4.69, 9.17) is 0 Å². The molecule has 0 aromatic heterocycles. The van der Waals surface area contributed by atoms with Gasteiger partial charge in [-0.15, -0.1) is 0 Å². The van der Waals surface area contributed by atoms with Crippen molar-refractivity contribution >= 4 is 15.9 Å². The van der Waals surface area contributed by atoms with Crippen molar-refractivity contribution in [3.05, 3.63) is 33.8 Å². The molecule has 0 bridgehead atoms. The summed E-state index contributed by atoms with van der Waals surface area (Å²) < 4.78 is 27.5. The zero-order chi connectivity index (χ0) is 12.8. The lowest BCUT2D eigenvalue weighted by molar-refractivity contribution is 0.309. The van der Waals surface area contributed by atoms with Crippen LogP contribution in [0.5, 0.6) is 0 Å². The lowest BCUT2D eigenvalue weighted by atomic mass is 10.2. The van der Waals surface area contributed by atoms with Gasteiger partial charge in [0.25, 0.3) is 0 Å². The predicted octanol–water partition coefficient (Wildman–Crippen LogP) is 2.77. The van der Waals surface area contributed by atoms with Gasteiger partial charge < -0.3 is 10.2 Å². The normalized spacial score (nSPS) is 11.2. The van der Waals surface area contributed by atoms with Crippen LogP contribution in [0.1, 0.15) is 12.0 Å². The van der Waals surface area contributed by atoms with E-state index >= 15 is 0 Å². The maximum atomic E-state index is 13.7. The van der Waals surface area contributed by atoms with Crippen molar-refractivity contribution in [1.29, 1.82) is 0 Å². The minimum atomic E-state index is -0.509. The second-order valence-corrected chi connectivity index (χ2v) is 4.87. The second-order valence-electron chi connectivity index (χ2n) is 4.02. The number of hydrogen-bond donors (Lipinski definition) is 1. The second kappa shape index (κ2) is 7.03. The Bertz CT molecular complexity index is 372. The summed E-state index contributed by atoms with van der Waals surface area (Å²) >= 11 is 3.06. The van der Waals surface area contributed by atoms with Gasteiger partial charge in [-0.1, -0.05) is 0 Å². The van der Waals surface area contributed by atoms with Gasteiger partial charge in [0, 0.05) is 12.1 Å². The summed E-state index contributed by atoms with van der Waals surface area (Å²) in [5.74, 6) is -1.00. The smallest absolute Gasteiger partial charge is 0.144 e. The van der Waals surface area contributed by atoms with E-state index in [0.717, 1.165) is 19.5 Å². The third-order valence-corrected chi connectivity index (χ3v) is 3.15. The Labute approximate surface area is 109 Å². The Morgan fingerprint density at radius 1 is 1.35 bits per heavy atom. The Kier molecular flexibility index (Phi) is 6.02. The number of rotatable bonds is 6. The van der Waals surface area contributed by atoms with Crippen LogP contribution in [0, 0.1) is 11.6 Å². The summed E-state index contributed by atoms with van der Waals surface area (Å²) in [5, 5.41) is 3.04. The van der Waals surface area contributed by atoms with E-state index in [2.05, 4.69) is 21.2 Å². The van der Waals surface area contributed by atoms with Crippen molar-refractivity contribution < 1.29 is 8.78 Å². The molecule has 0 radical (unpaired) electrons. The summed E-state index contributed by atoms with van der Waals surface area (Å²) in [4.78, 5) is 1.91. The molecule has 0 unspecified atom stereocenters. The molecule has 0 amide bonds. The molecular formula is C12H17BrF2N2. The number of halogens is 3. The molecule has 0 saturated carbocycles. The van der Waals surface area contributed by atoms with Gasteiger partial charge in [-0.2, -0.15) is 0 Å². The Morgan fingerprint density at radius 2 is 2.06 bits per heavy atom. The average molecular weight is 307 g/mol. The first-order valence-corrected chi connectivity index (χ1v) is 6.31. The molecule has 1 rings (SSSR count). The van der Waals surface area contributed by atoms with Gasteiger partial charge in [-0.3, -0.25) is 0 Å². The zero-order valence-corrected chi connectivity index (χ0v) is 11.7. The molecule has 2 nitrogen and oxygen atoms in total. The number of nitrogens with zero attached hydrogens (tertiary/aromatic N) is 1. The van der Waals surface area contributed by atoms with Crippen LogP contribution in [0.25, 0.3) is 0 Å². The minimum Gasteiger partial charge on any atom is -0.320 e. The lowest BCUT2D eigenvalue weighted by Crippen LogP contribution is -2.23. The lowest BCUT2D eigenvalue weighted by Gasteiger charge is -2.17. The Hall–Kier alpha value is -0.520. The summed E-state index contributed by atoms with van der Waals surface area (Å²) in [5.41, 5.74) is 0.117. The first kappa shape index (κ1) is 14.5. The van der Waals surface area contributed by atoms with Crippen molar-refractivity contribution in [3.8, 4) is 0 Å². The molecule has 0 heterocycles. The monoisotopic (exact) mass is 306 g/mol. The fraction of sp³-hybridized carbons (Fsp3) is 0.500. The van der Waals surface area contributed by atoms with E-state index in [1.54, 1.807) is 0 Å². The molecule has 1 N–H and O–H groups in total. The number of hydrogen-bond acceptors (Lipinski definition) is 2. The third kappa shape index (κ3) is 4.33. The molecule has 1 aromatic rings. The van der Waals surface area contributed by atoms with Gasteiger partial charge in [-0.05, 0) is 61.7 Å². The van der Waals surface area contributed by atoms with Crippen molar-refractivity contribution in [2.24, 2.45) is 0 Å². The fourth-order valence-electron chi connectivity index (χ4n) is 1.59. The Balaban J connectivity index is 2.64. The maximum absolute atomic E-state index is 13.7. The summed E-state index contributed by atoms with van der Waals surface area (Å²) in [6.07, 6.45) is 0.949. The highest BCUT2D eigenvalue weighted by molar-refractivity contribution is 9.10. The van der Waals surface area contributed by atoms with Gasteiger partial charge in [0.15, 0.2) is 0 Å². The van der Waals surface area contributed by atoms with Gasteiger partial charge in [0.2, 0.25) is 0 Å². The maximum Gasteiger partial charge on any atom is 0.144 e. The summed E-state index contributed by atoms with van der Waals surface area (Å²) in [6, 6.07) is 2.67. The highest BCUT2D eigenvalue weighted by atomic mass is 79.9. The van der Waals surface area contributed by atoms with E-state index < -0.39 is 11.6 Å². The molecular weight excluding hydrogens is 290 g/mol. The average Bonchev–Trinajstić information content (AvgIpc) is 2.30. The third-order valence-electron chi connectivity index (χ3n) is 2.53.